The van der Waals surface area contributed by atoms with Crippen LogP contribution in [0.5, 0.6) is 0 Å². The van der Waals surface area contributed by atoms with Gasteiger partial charge in [0, 0.05) is 18.8 Å². The van der Waals surface area contributed by atoms with E-state index in [4.69, 9.17) is 17.2 Å². The Hall–Kier alpha value is -2.19. The van der Waals surface area contributed by atoms with E-state index >= 15 is 0 Å². The zero-order valence-corrected chi connectivity index (χ0v) is 18.9. The number of aryl methyl sites for hydroxylation is 1. The van der Waals surface area contributed by atoms with Gasteiger partial charge in [-0.05, 0) is 43.9 Å². The Bertz CT molecular complexity index is 1090. The Morgan fingerprint density at radius 1 is 1.30 bits per heavy atom. The summed E-state index contributed by atoms with van der Waals surface area (Å²) in [4.78, 5) is 33.1. The molecule has 2 aromatic rings. The van der Waals surface area contributed by atoms with Crippen LogP contribution in [0.25, 0.3) is 11.7 Å². The molecule has 2 aliphatic rings. The van der Waals surface area contributed by atoms with Gasteiger partial charge < -0.3 is 5.32 Å². The monoisotopic (exact) mass is 442 g/mol. The lowest BCUT2D eigenvalue weighted by atomic mass is 9.95. The van der Waals surface area contributed by atoms with E-state index in [2.05, 4.69) is 5.32 Å². The second-order valence-electron chi connectivity index (χ2n) is 7.88. The number of hydrogen-bond donors (Lipinski definition) is 1. The lowest BCUT2D eigenvalue weighted by molar-refractivity contribution is -0.122. The topological polar surface area (TPSA) is 66.7 Å². The summed E-state index contributed by atoms with van der Waals surface area (Å²) in [6, 6.07) is 4.07. The van der Waals surface area contributed by atoms with Gasteiger partial charge in [0.1, 0.15) is 15.8 Å². The van der Waals surface area contributed by atoms with Gasteiger partial charge in [-0.25, -0.2) is 4.98 Å². The lowest BCUT2D eigenvalue weighted by Crippen LogP contribution is -2.29. The van der Waals surface area contributed by atoms with E-state index in [0.717, 1.165) is 24.8 Å². The molecule has 4 rings (SSSR count). The van der Waals surface area contributed by atoms with Gasteiger partial charge in [0.05, 0.1) is 10.5 Å². The van der Waals surface area contributed by atoms with E-state index < -0.39 is 0 Å². The molecule has 1 aliphatic heterocycles. The van der Waals surface area contributed by atoms with E-state index in [1.54, 1.807) is 21.6 Å². The average molecular weight is 443 g/mol. The molecule has 2 aromatic heterocycles. The molecule has 0 spiro atoms. The molecule has 1 saturated heterocycles. The van der Waals surface area contributed by atoms with Crippen molar-refractivity contribution in [2.45, 2.75) is 58.4 Å². The van der Waals surface area contributed by atoms with Crippen LogP contribution in [0, 0.1) is 6.92 Å². The lowest BCUT2D eigenvalue weighted by Gasteiger charge is -2.24. The van der Waals surface area contributed by atoms with Crippen molar-refractivity contribution in [3.63, 3.8) is 0 Å². The summed E-state index contributed by atoms with van der Waals surface area (Å²) in [5.74, 6) is 0.422. The van der Waals surface area contributed by atoms with Gasteiger partial charge in [-0.1, -0.05) is 56.2 Å². The maximum Gasteiger partial charge on any atom is 0.267 e. The summed E-state index contributed by atoms with van der Waals surface area (Å²) >= 11 is 6.63. The number of carbonyl (C=O) groups is 1. The number of amides is 1. The Morgan fingerprint density at radius 2 is 2.07 bits per heavy atom. The van der Waals surface area contributed by atoms with Crippen molar-refractivity contribution in [3.05, 3.63) is 44.7 Å². The maximum absolute atomic E-state index is 13.4. The smallest absolute Gasteiger partial charge is 0.267 e. The number of thiocarbonyl (C=S) groups is 1. The molecule has 1 saturated carbocycles. The van der Waals surface area contributed by atoms with Crippen molar-refractivity contribution in [1.82, 2.24) is 14.3 Å². The van der Waals surface area contributed by atoms with Crippen LogP contribution in [0.15, 0.2) is 28.0 Å². The van der Waals surface area contributed by atoms with Gasteiger partial charge in [0.15, 0.2) is 0 Å². The Labute approximate surface area is 185 Å². The predicted octanol–water partition coefficient (Wildman–Crippen LogP) is 4.36. The average Bonchev–Trinajstić information content (AvgIpc) is 3.00. The fourth-order valence-corrected chi connectivity index (χ4v) is 5.33. The molecule has 0 aromatic carbocycles. The third-order valence-corrected chi connectivity index (χ3v) is 7.00. The highest BCUT2D eigenvalue weighted by Crippen LogP contribution is 2.33. The predicted molar refractivity (Wildman–Crippen MR) is 127 cm³/mol. The van der Waals surface area contributed by atoms with Crippen molar-refractivity contribution in [2.24, 2.45) is 0 Å². The molecule has 158 valence electrons. The van der Waals surface area contributed by atoms with Crippen LogP contribution in [-0.4, -0.2) is 37.1 Å². The highest BCUT2D eigenvalue weighted by atomic mass is 32.2. The molecule has 0 bridgehead atoms. The van der Waals surface area contributed by atoms with Crippen LogP contribution in [0.4, 0.5) is 5.82 Å². The number of anilines is 1. The maximum atomic E-state index is 13.4. The molecule has 6 nitrogen and oxygen atoms in total. The summed E-state index contributed by atoms with van der Waals surface area (Å²) < 4.78 is 2.10. The van der Waals surface area contributed by atoms with Gasteiger partial charge in [-0.3, -0.25) is 18.9 Å². The van der Waals surface area contributed by atoms with E-state index in [9.17, 15) is 9.59 Å². The van der Waals surface area contributed by atoms with Crippen molar-refractivity contribution in [3.8, 4) is 0 Å². The van der Waals surface area contributed by atoms with Crippen molar-refractivity contribution >= 4 is 51.7 Å². The molecule has 2 fully saturated rings. The summed E-state index contributed by atoms with van der Waals surface area (Å²) in [6.45, 7) is 4.54. The molecule has 1 aliphatic carbocycles. The molecule has 8 heteroatoms. The number of nitrogens with one attached hydrogen (secondary N) is 1. The van der Waals surface area contributed by atoms with E-state index in [1.807, 2.05) is 26.0 Å². The van der Waals surface area contributed by atoms with Gasteiger partial charge in [0.2, 0.25) is 0 Å². The SMILES string of the molecule is CCCN1C(=O)/C(=C\c2c(NC3CCCCC3)nc3c(C)cccn3c2=O)SC1=S. The van der Waals surface area contributed by atoms with Crippen LogP contribution in [-0.2, 0) is 4.79 Å². The Morgan fingerprint density at radius 3 is 2.80 bits per heavy atom. The number of rotatable bonds is 5. The number of nitrogens with zero attached hydrogens (tertiary/aromatic N) is 3. The molecule has 0 atom stereocenters. The van der Waals surface area contributed by atoms with Gasteiger partial charge in [-0.2, -0.15) is 0 Å². The molecule has 1 amide bonds. The number of fused-ring (bicyclic) bond motifs is 1. The first-order chi connectivity index (χ1) is 14.5. The van der Waals surface area contributed by atoms with Crippen LogP contribution < -0.4 is 10.9 Å². The Balaban J connectivity index is 1.82. The van der Waals surface area contributed by atoms with Crippen LogP contribution in [0.1, 0.15) is 56.6 Å². The second kappa shape index (κ2) is 8.89. The van der Waals surface area contributed by atoms with E-state index in [1.165, 1.54) is 31.0 Å². The van der Waals surface area contributed by atoms with E-state index in [-0.39, 0.29) is 11.5 Å². The molecule has 1 N–H and O–H groups in total. The van der Waals surface area contributed by atoms with Crippen molar-refractivity contribution < 1.29 is 4.79 Å². The quantitative estimate of drug-likeness (QED) is 0.548. The Kier molecular flexibility index (Phi) is 6.24. The summed E-state index contributed by atoms with van der Waals surface area (Å²) in [6.07, 6.45) is 9.94. The van der Waals surface area contributed by atoms with Gasteiger partial charge in [0.25, 0.3) is 11.5 Å². The number of hydrogen-bond acceptors (Lipinski definition) is 6. The summed E-state index contributed by atoms with van der Waals surface area (Å²) in [5.41, 5.74) is 1.81. The fourth-order valence-electron chi connectivity index (χ4n) is 4.04. The molecular weight excluding hydrogens is 416 g/mol. The van der Waals surface area contributed by atoms with Crippen LogP contribution in [0.2, 0.25) is 0 Å². The first kappa shape index (κ1) is 21.1. The summed E-state index contributed by atoms with van der Waals surface area (Å²) in [7, 11) is 0. The molecule has 3 heterocycles. The minimum atomic E-state index is -0.178. The first-order valence-electron chi connectivity index (χ1n) is 10.5. The minimum Gasteiger partial charge on any atom is -0.367 e. The van der Waals surface area contributed by atoms with Gasteiger partial charge >= 0.3 is 0 Å². The minimum absolute atomic E-state index is 0.135. The fraction of sp³-hybridized carbons (Fsp3) is 0.455. The number of pyridine rings is 1. The number of thioether (sulfide) groups is 1. The highest BCUT2D eigenvalue weighted by Gasteiger charge is 2.32. The number of aromatic nitrogens is 2. The molecular formula is C22H26N4O2S2. The van der Waals surface area contributed by atoms with Crippen LogP contribution in [0.3, 0.4) is 0 Å². The van der Waals surface area contributed by atoms with Crippen LogP contribution >= 0.6 is 24.0 Å². The first-order valence-corrected chi connectivity index (χ1v) is 11.8. The molecule has 0 unspecified atom stereocenters. The largest absolute Gasteiger partial charge is 0.367 e. The zero-order valence-electron chi connectivity index (χ0n) is 17.3. The van der Waals surface area contributed by atoms with Crippen molar-refractivity contribution in [1.29, 1.82) is 0 Å². The summed E-state index contributed by atoms with van der Waals surface area (Å²) in [5, 5.41) is 3.51. The third kappa shape index (κ3) is 4.03. The van der Waals surface area contributed by atoms with Gasteiger partial charge in [-0.15, -0.1) is 0 Å². The van der Waals surface area contributed by atoms with Crippen molar-refractivity contribution in [2.75, 3.05) is 11.9 Å². The van der Waals surface area contributed by atoms with E-state index in [0.29, 0.717) is 38.8 Å². The number of carbonyl (C=O) groups excluding carboxylic acids is 1. The normalized spacial score (nSPS) is 19.3. The standard InChI is InChI=1S/C22H26N4O2S2/c1-3-11-26-21(28)17(30-22(26)29)13-16-18(23-15-9-5-4-6-10-15)24-19-14(2)8-7-12-25(19)20(16)27/h7-8,12-13,15,23H,3-6,9-11H2,1-2H3/b17-13+. The second-order valence-corrected chi connectivity index (χ2v) is 9.55. The molecule has 30 heavy (non-hydrogen) atoms. The zero-order chi connectivity index (χ0) is 21.3. The third-order valence-electron chi connectivity index (χ3n) is 5.63. The highest BCUT2D eigenvalue weighted by molar-refractivity contribution is 8.26. The molecule has 0 radical (unpaired) electrons.